The van der Waals surface area contributed by atoms with Gasteiger partial charge in [0.05, 0.1) is 18.2 Å². The van der Waals surface area contributed by atoms with Crippen molar-refractivity contribution in [1.29, 1.82) is 5.26 Å². The number of anilines is 1. The third-order valence-corrected chi connectivity index (χ3v) is 4.40. The van der Waals surface area contributed by atoms with Crippen LogP contribution >= 0.6 is 11.3 Å². The molecular formula is C14H15N3OS. The number of fused-ring (bicyclic) bond motifs is 1. The van der Waals surface area contributed by atoms with Gasteiger partial charge >= 0.3 is 0 Å². The zero-order chi connectivity index (χ0) is 14.0. The minimum atomic E-state index is -0.117. The predicted octanol–water partition coefficient (Wildman–Crippen LogP) is 2.78. The lowest BCUT2D eigenvalue weighted by Crippen LogP contribution is -2.27. The predicted molar refractivity (Wildman–Crippen MR) is 78.2 cm³/mol. The number of nitrogens with zero attached hydrogens (tertiary/aromatic N) is 2. The first-order chi connectivity index (χ1) is 9.06. The van der Waals surface area contributed by atoms with Gasteiger partial charge in [-0.1, -0.05) is 18.2 Å². The van der Waals surface area contributed by atoms with E-state index in [-0.39, 0.29) is 5.91 Å². The van der Waals surface area contributed by atoms with Crippen molar-refractivity contribution in [1.82, 2.24) is 4.90 Å². The van der Waals surface area contributed by atoms with Crippen molar-refractivity contribution < 1.29 is 4.79 Å². The normalized spacial score (nSPS) is 10.4. The number of nitrogens with two attached hydrogens (primary N) is 1. The molecule has 1 amide bonds. The van der Waals surface area contributed by atoms with E-state index in [0.717, 1.165) is 15.6 Å². The summed E-state index contributed by atoms with van der Waals surface area (Å²) in [5, 5.41) is 9.50. The van der Waals surface area contributed by atoms with Crippen LogP contribution in [0.1, 0.15) is 21.7 Å². The lowest BCUT2D eigenvalue weighted by atomic mass is 10.1. The summed E-state index contributed by atoms with van der Waals surface area (Å²) < 4.78 is 1.05. The molecule has 0 aliphatic rings. The van der Waals surface area contributed by atoms with Crippen LogP contribution in [0.15, 0.2) is 18.2 Å². The molecule has 4 nitrogen and oxygen atoms in total. The van der Waals surface area contributed by atoms with E-state index in [2.05, 4.69) is 0 Å². The maximum atomic E-state index is 12.3. The molecule has 2 rings (SSSR count). The number of nitriles is 1. The standard InChI is InChI=1S/C14H15N3OS/c1-9-5-3-6-10-11(16)13(19-12(9)10)14(18)17(2)8-4-7-15/h3,5-6H,4,8,16H2,1-2H3. The number of carbonyl (C=O) groups excluding carboxylic acids is 1. The molecule has 98 valence electrons. The summed E-state index contributed by atoms with van der Waals surface area (Å²) in [4.78, 5) is 14.4. The van der Waals surface area contributed by atoms with Crippen LogP contribution in [0.2, 0.25) is 0 Å². The number of carbonyl (C=O) groups is 1. The SMILES string of the molecule is Cc1cccc2c(N)c(C(=O)N(C)CCC#N)sc12. The molecule has 2 aromatic rings. The summed E-state index contributed by atoms with van der Waals surface area (Å²) in [6.07, 6.45) is 0.325. The first-order valence-electron chi connectivity index (χ1n) is 5.96. The summed E-state index contributed by atoms with van der Waals surface area (Å²) in [5.41, 5.74) is 7.73. The number of benzene rings is 1. The lowest BCUT2D eigenvalue weighted by molar-refractivity contribution is 0.0804. The fraction of sp³-hybridized carbons (Fsp3) is 0.286. The van der Waals surface area contributed by atoms with E-state index in [1.54, 1.807) is 11.9 Å². The Morgan fingerprint density at radius 1 is 1.53 bits per heavy atom. The molecule has 1 aromatic heterocycles. The molecule has 0 atom stereocenters. The van der Waals surface area contributed by atoms with Crippen LogP contribution in [-0.4, -0.2) is 24.4 Å². The highest BCUT2D eigenvalue weighted by atomic mass is 32.1. The van der Waals surface area contributed by atoms with Crippen LogP contribution in [0.3, 0.4) is 0 Å². The van der Waals surface area contributed by atoms with Gasteiger partial charge in [0.15, 0.2) is 0 Å². The van der Waals surface area contributed by atoms with E-state index in [0.29, 0.717) is 23.5 Å². The first-order valence-corrected chi connectivity index (χ1v) is 6.78. The molecule has 0 aliphatic heterocycles. The Morgan fingerprint density at radius 3 is 2.89 bits per heavy atom. The molecule has 0 unspecified atom stereocenters. The highest BCUT2D eigenvalue weighted by Crippen LogP contribution is 2.36. The summed E-state index contributed by atoms with van der Waals surface area (Å²) in [5.74, 6) is -0.117. The molecule has 1 heterocycles. The zero-order valence-corrected chi connectivity index (χ0v) is 11.8. The van der Waals surface area contributed by atoms with Crippen LogP contribution in [0.5, 0.6) is 0 Å². The van der Waals surface area contributed by atoms with Crippen molar-refractivity contribution in [3.63, 3.8) is 0 Å². The van der Waals surface area contributed by atoms with Crippen molar-refractivity contribution in [3.8, 4) is 6.07 Å². The number of thiophene rings is 1. The monoisotopic (exact) mass is 273 g/mol. The van der Waals surface area contributed by atoms with Gasteiger partial charge in [-0.3, -0.25) is 4.79 Å². The van der Waals surface area contributed by atoms with E-state index in [4.69, 9.17) is 11.0 Å². The zero-order valence-electron chi connectivity index (χ0n) is 10.9. The van der Waals surface area contributed by atoms with Gasteiger partial charge in [0.1, 0.15) is 4.88 Å². The van der Waals surface area contributed by atoms with Gasteiger partial charge in [-0.2, -0.15) is 5.26 Å². The van der Waals surface area contributed by atoms with E-state index in [1.165, 1.54) is 11.3 Å². The molecule has 2 N–H and O–H groups in total. The van der Waals surface area contributed by atoms with E-state index in [9.17, 15) is 4.79 Å². The molecule has 0 bridgehead atoms. The largest absolute Gasteiger partial charge is 0.397 e. The Bertz CT molecular complexity index is 669. The van der Waals surface area contributed by atoms with Gasteiger partial charge in [0.2, 0.25) is 0 Å². The molecule has 0 radical (unpaired) electrons. The Hall–Kier alpha value is -2.06. The fourth-order valence-electron chi connectivity index (χ4n) is 1.93. The third kappa shape index (κ3) is 2.40. The Balaban J connectivity index is 2.41. The van der Waals surface area contributed by atoms with Crippen LogP contribution in [0, 0.1) is 18.3 Å². The molecule has 0 spiro atoms. The van der Waals surface area contributed by atoms with Crippen LogP contribution < -0.4 is 5.73 Å². The topological polar surface area (TPSA) is 70.1 Å². The average molecular weight is 273 g/mol. The van der Waals surface area contributed by atoms with Gasteiger partial charge in [-0.05, 0) is 12.5 Å². The summed E-state index contributed by atoms with van der Waals surface area (Å²) in [7, 11) is 1.69. The van der Waals surface area contributed by atoms with E-state index < -0.39 is 0 Å². The fourth-order valence-corrected chi connectivity index (χ4v) is 3.12. The molecule has 1 aromatic carbocycles. The third-order valence-electron chi connectivity index (χ3n) is 3.05. The molecule has 0 saturated carbocycles. The number of aryl methyl sites for hydroxylation is 1. The van der Waals surface area contributed by atoms with Crippen LogP contribution in [0.4, 0.5) is 5.69 Å². The van der Waals surface area contributed by atoms with E-state index in [1.807, 2.05) is 31.2 Å². The number of rotatable bonds is 3. The highest BCUT2D eigenvalue weighted by Gasteiger charge is 2.20. The smallest absolute Gasteiger partial charge is 0.265 e. The molecule has 0 aliphatic carbocycles. The lowest BCUT2D eigenvalue weighted by Gasteiger charge is -2.14. The van der Waals surface area contributed by atoms with Crippen molar-refractivity contribution in [2.24, 2.45) is 0 Å². The van der Waals surface area contributed by atoms with Crippen LogP contribution in [0.25, 0.3) is 10.1 Å². The summed E-state index contributed by atoms with van der Waals surface area (Å²) >= 11 is 1.42. The Kier molecular flexibility index (Phi) is 3.72. The second-order valence-corrected chi connectivity index (χ2v) is 5.45. The van der Waals surface area contributed by atoms with Crippen molar-refractivity contribution in [2.45, 2.75) is 13.3 Å². The maximum absolute atomic E-state index is 12.3. The maximum Gasteiger partial charge on any atom is 0.265 e. The van der Waals surface area contributed by atoms with E-state index >= 15 is 0 Å². The van der Waals surface area contributed by atoms with Crippen molar-refractivity contribution in [2.75, 3.05) is 19.3 Å². The minimum absolute atomic E-state index is 0.117. The molecule has 0 fully saturated rings. The van der Waals surface area contributed by atoms with Crippen LogP contribution in [-0.2, 0) is 0 Å². The summed E-state index contributed by atoms with van der Waals surface area (Å²) in [6.45, 7) is 2.42. The average Bonchev–Trinajstić information content (AvgIpc) is 2.74. The highest BCUT2D eigenvalue weighted by molar-refractivity contribution is 7.21. The second kappa shape index (κ2) is 5.29. The van der Waals surface area contributed by atoms with Gasteiger partial charge in [-0.25, -0.2) is 0 Å². The van der Waals surface area contributed by atoms with Gasteiger partial charge in [-0.15, -0.1) is 11.3 Å². The number of nitrogen functional groups attached to an aromatic ring is 1. The molecule has 0 saturated heterocycles. The molecule has 5 heteroatoms. The van der Waals surface area contributed by atoms with Gasteiger partial charge in [0, 0.05) is 23.7 Å². The Morgan fingerprint density at radius 2 is 2.26 bits per heavy atom. The Labute approximate surface area is 116 Å². The number of hydrogen-bond acceptors (Lipinski definition) is 4. The number of amides is 1. The molecule has 19 heavy (non-hydrogen) atoms. The minimum Gasteiger partial charge on any atom is -0.397 e. The summed E-state index contributed by atoms with van der Waals surface area (Å²) in [6, 6.07) is 7.91. The second-order valence-electron chi connectivity index (χ2n) is 4.43. The van der Waals surface area contributed by atoms with Crippen molar-refractivity contribution in [3.05, 3.63) is 28.6 Å². The first kappa shape index (κ1) is 13.4. The molecular weight excluding hydrogens is 258 g/mol. The van der Waals surface area contributed by atoms with Gasteiger partial charge in [0.25, 0.3) is 5.91 Å². The van der Waals surface area contributed by atoms with Crippen molar-refractivity contribution >= 4 is 33.0 Å². The van der Waals surface area contributed by atoms with Gasteiger partial charge < -0.3 is 10.6 Å². The number of hydrogen-bond donors (Lipinski definition) is 1. The quantitative estimate of drug-likeness (QED) is 0.934.